The molecule has 0 aliphatic heterocycles. The van der Waals surface area contributed by atoms with Crippen LogP contribution in [0.3, 0.4) is 0 Å². The van der Waals surface area contributed by atoms with Crippen molar-refractivity contribution in [1.29, 1.82) is 0 Å². The van der Waals surface area contributed by atoms with Gasteiger partial charge in [-0.3, -0.25) is 10.1 Å². The summed E-state index contributed by atoms with van der Waals surface area (Å²) in [6.45, 7) is 4.43. The average molecular weight is 261 g/mol. The predicted molar refractivity (Wildman–Crippen MR) is 69.6 cm³/mol. The van der Waals surface area contributed by atoms with Gasteiger partial charge in [-0.05, 0) is 19.4 Å². The molecule has 100 valence electrons. The molecule has 0 amide bonds. The molecule has 1 aromatic heterocycles. The summed E-state index contributed by atoms with van der Waals surface area (Å²) >= 11 is 0. The lowest BCUT2D eigenvalue weighted by molar-refractivity contribution is -0.384. The molecule has 19 heavy (non-hydrogen) atoms. The van der Waals surface area contributed by atoms with Crippen LogP contribution in [-0.2, 0) is 6.54 Å². The van der Waals surface area contributed by atoms with Gasteiger partial charge >= 0.3 is 0 Å². The highest BCUT2D eigenvalue weighted by atomic mass is 16.6. The van der Waals surface area contributed by atoms with Gasteiger partial charge in [0.25, 0.3) is 5.69 Å². The van der Waals surface area contributed by atoms with E-state index in [1.165, 1.54) is 12.1 Å². The molecule has 0 saturated carbocycles. The van der Waals surface area contributed by atoms with Crippen molar-refractivity contribution in [2.45, 2.75) is 26.4 Å². The number of non-ortho nitro benzene ring substituents is 1. The Kier molecular flexibility index (Phi) is 3.91. The molecule has 0 saturated heterocycles. The molecule has 0 radical (unpaired) electrons. The fraction of sp³-hybridized carbons (Fsp3) is 0.308. The fourth-order valence-electron chi connectivity index (χ4n) is 1.76. The third-order valence-corrected chi connectivity index (χ3v) is 2.86. The second-order valence-corrected chi connectivity index (χ2v) is 4.39. The first kappa shape index (κ1) is 13.2. The quantitative estimate of drug-likeness (QED) is 0.661. The van der Waals surface area contributed by atoms with Crippen molar-refractivity contribution in [2.75, 3.05) is 0 Å². The highest BCUT2D eigenvalue weighted by Crippen LogP contribution is 2.17. The molecule has 1 unspecified atom stereocenters. The first-order chi connectivity index (χ1) is 9.06. The molecule has 0 aliphatic carbocycles. The minimum atomic E-state index is -0.404. The van der Waals surface area contributed by atoms with Crippen LogP contribution in [0.1, 0.15) is 30.0 Å². The first-order valence-electron chi connectivity index (χ1n) is 5.96. The van der Waals surface area contributed by atoms with Crippen molar-refractivity contribution >= 4 is 5.69 Å². The molecule has 1 N–H and O–H groups in total. The maximum atomic E-state index is 10.6. The maximum absolute atomic E-state index is 10.6. The summed E-state index contributed by atoms with van der Waals surface area (Å²) in [6, 6.07) is 8.46. The third kappa shape index (κ3) is 3.38. The summed E-state index contributed by atoms with van der Waals surface area (Å²) in [6.07, 6.45) is 0. The second-order valence-electron chi connectivity index (χ2n) is 4.39. The number of aryl methyl sites for hydroxylation is 1. The minimum Gasteiger partial charge on any atom is -0.360 e. The molecule has 2 aromatic rings. The van der Waals surface area contributed by atoms with Crippen LogP contribution in [0.4, 0.5) is 5.69 Å². The number of hydrogen-bond acceptors (Lipinski definition) is 5. The number of aromatic nitrogens is 1. The molecule has 0 fully saturated rings. The van der Waals surface area contributed by atoms with E-state index in [-0.39, 0.29) is 11.7 Å². The number of hydrogen-bond donors (Lipinski definition) is 1. The number of nitrogens with zero attached hydrogens (tertiary/aromatic N) is 2. The van der Waals surface area contributed by atoms with Crippen LogP contribution in [0.5, 0.6) is 0 Å². The standard InChI is InChI=1S/C13H15N3O3/c1-9-7-13(19-15-9)8-14-10(2)11-3-5-12(6-4-11)16(17)18/h3-7,10,14H,8H2,1-2H3. The Balaban J connectivity index is 1.95. The zero-order valence-electron chi connectivity index (χ0n) is 10.8. The average Bonchev–Trinajstić information content (AvgIpc) is 2.82. The molecule has 0 spiro atoms. The van der Waals surface area contributed by atoms with Gasteiger partial charge in [0.05, 0.1) is 17.2 Å². The molecule has 6 nitrogen and oxygen atoms in total. The Bertz CT molecular complexity index is 563. The lowest BCUT2D eigenvalue weighted by Crippen LogP contribution is -2.17. The first-order valence-corrected chi connectivity index (χ1v) is 5.96. The van der Waals surface area contributed by atoms with Crippen molar-refractivity contribution in [3.63, 3.8) is 0 Å². The lowest BCUT2D eigenvalue weighted by Gasteiger charge is -2.12. The van der Waals surface area contributed by atoms with Gasteiger partial charge in [0.2, 0.25) is 0 Å². The van der Waals surface area contributed by atoms with E-state index < -0.39 is 4.92 Å². The van der Waals surface area contributed by atoms with Crippen molar-refractivity contribution < 1.29 is 9.45 Å². The fourth-order valence-corrected chi connectivity index (χ4v) is 1.76. The molecule has 1 atom stereocenters. The second kappa shape index (κ2) is 5.62. The van der Waals surface area contributed by atoms with Gasteiger partial charge in [0.15, 0.2) is 5.76 Å². The summed E-state index contributed by atoms with van der Waals surface area (Å²) in [5.41, 5.74) is 1.93. The SMILES string of the molecule is Cc1cc(CNC(C)c2ccc([N+](=O)[O-])cc2)on1. The van der Waals surface area contributed by atoms with Crippen LogP contribution < -0.4 is 5.32 Å². The Morgan fingerprint density at radius 3 is 2.63 bits per heavy atom. The molecule has 0 aliphatic rings. The monoisotopic (exact) mass is 261 g/mol. The number of benzene rings is 1. The Labute approximate surface area is 110 Å². The van der Waals surface area contributed by atoms with Crippen molar-refractivity contribution in [1.82, 2.24) is 10.5 Å². The van der Waals surface area contributed by atoms with Crippen LogP contribution in [-0.4, -0.2) is 10.1 Å². The molecule has 2 rings (SSSR count). The molecule has 6 heteroatoms. The van der Waals surface area contributed by atoms with E-state index in [1.807, 2.05) is 19.9 Å². The van der Waals surface area contributed by atoms with Crippen molar-refractivity contribution in [3.8, 4) is 0 Å². The molecule has 1 aromatic carbocycles. The maximum Gasteiger partial charge on any atom is 0.269 e. The zero-order valence-corrected chi connectivity index (χ0v) is 10.8. The molecular weight excluding hydrogens is 246 g/mol. The number of nitro benzene ring substituents is 1. The smallest absolute Gasteiger partial charge is 0.269 e. The van der Waals surface area contributed by atoms with Crippen molar-refractivity contribution in [3.05, 3.63) is 57.5 Å². The van der Waals surface area contributed by atoms with Crippen molar-refractivity contribution in [2.24, 2.45) is 0 Å². The summed E-state index contributed by atoms with van der Waals surface area (Å²) < 4.78 is 5.10. The van der Waals surface area contributed by atoms with Crippen LogP contribution in [0.15, 0.2) is 34.9 Å². The van der Waals surface area contributed by atoms with E-state index in [1.54, 1.807) is 12.1 Å². The highest BCUT2D eigenvalue weighted by molar-refractivity contribution is 5.34. The van der Waals surface area contributed by atoms with Gasteiger partial charge in [-0.1, -0.05) is 17.3 Å². The zero-order chi connectivity index (χ0) is 13.8. The van der Waals surface area contributed by atoms with Crippen LogP contribution in [0, 0.1) is 17.0 Å². The van der Waals surface area contributed by atoms with Crippen LogP contribution in [0.2, 0.25) is 0 Å². The number of nitrogens with one attached hydrogen (secondary N) is 1. The lowest BCUT2D eigenvalue weighted by atomic mass is 10.1. The van der Waals surface area contributed by atoms with Crippen LogP contribution >= 0.6 is 0 Å². The van der Waals surface area contributed by atoms with Gasteiger partial charge in [-0.2, -0.15) is 0 Å². The summed E-state index contributed by atoms with van der Waals surface area (Å²) in [7, 11) is 0. The van der Waals surface area contributed by atoms with Gasteiger partial charge in [0.1, 0.15) is 0 Å². The largest absolute Gasteiger partial charge is 0.360 e. The van der Waals surface area contributed by atoms with Gasteiger partial charge in [-0.25, -0.2) is 0 Å². The van der Waals surface area contributed by atoms with E-state index in [2.05, 4.69) is 10.5 Å². The molecule has 0 bridgehead atoms. The normalized spacial score (nSPS) is 12.3. The topological polar surface area (TPSA) is 81.2 Å². The molecular formula is C13H15N3O3. The van der Waals surface area contributed by atoms with E-state index in [0.29, 0.717) is 6.54 Å². The van der Waals surface area contributed by atoms with E-state index in [9.17, 15) is 10.1 Å². The van der Waals surface area contributed by atoms with Crippen LogP contribution in [0.25, 0.3) is 0 Å². The number of nitro groups is 1. The van der Waals surface area contributed by atoms with E-state index >= 15 is 0 Å². The van der Waals surface area contributed by atoms with Gasteiger partial charge in [0, 0.05) is 24.2 Å². The highest BCUT2D eigenvalue weighted by Gasteiger charge is 2.09. The Morgan fingerprint density at radius 1 is 1.42 bits per heavy atom. The van der Waals surface area contributed by atoms with E-state index in [0.717, 1.165) is 17.0 Å². The predicted octanol–water partition coefficient (Wildman–Crippen LogP) is 2.74. The minimum absolute atomic E-state index is 0.0752. The third-order valence-electron chi connectivity index (χ3n) is 2.86. The van der Waals surface area contributed by atoms with Gasteiger partial charge in [-0.15, -0.1) is 0 Å². The summed E-state index contributed by atoms with van der Waals surface area (Å²) in [5, 5.41) is 17.6. The summed E-state index contributed by atoms with van der Waals surface area (Å²) in [4.78, 5) is 10.2. The summed E-state index contributed by atoms with van der Waals surface area (Å²) in [5.74, 6) is 0.770. The van der Waals surface area contributed by atoms with Gasteiger partial charge < -0.3 is 9.84 Å². The van der Waals surface area contributed by atoms with E-state index in [4.69, 9.17) is 4.52 Å². The molecule has 1 heterocycles. The Morgan fingerprint density at radius 2 is 2.11 bits per heavy atom. The Hall–Kier alpha value is -2.21. The number of rotatable bonds is 5.